The van der Waals surface area contributed by atoms with Crippen molar-refractivity contribution in [1.29, 1.82) is 0 Å². The van der Waals surface area contributed by atoms with Gasteiger partial charge in [-0.25, -0.2) is 0 Å². The van der Waals surface area contributed by atoms with Crippen LogP contribution in [0.4, 0.5) is 0 Å². The molecule has 1 unspecified atom stereocenters. The molecule has 158 valence electrons. The normalized spacial score (nSPS) is 13.5. The average Bonchev–Trinajstić information content (AvgIpc) is 2.72. The molecule has 2 aromatic rings. The van der Waals surface area contributed by atoms with Crippen molar-refractivity contribution in [3.8, 4) is 11.5 Å². The lowest BCUT2D eigenvalue weighted by atomic mass is 9.81. The summed E-state index contributed by atoms with van der Waals surface area (Å²) in [5.74, 6) is -2.43. The molecular weight excluding hydrogens is 384 g/mol. The number of aromatic hydroxyl groups is 2. The Bertz CT molecular complexity index is 991. The number of hydrogen-bond donors (Lipinski definition) is 2. The number of hydrogen-bond acceptors (Lipinski definition) is 6. The standard InChI is InChI=1S/C24H26O6/c1-3-4-5-6-7-12-19(30-14(2)25)17-13-18(26)20-21(24(17)29)23(28)16-11-9-8-10-15(16)22(20)27/h8-11,13,19,26,29H,3-7,12H2,1-2H3. The summed E-state index contributed by atoms with van der Waals surface area (Å²) in [6.07, 6.45) is 4.57. The summed E-state index contributed by atoms with van der Waals surface area (Å²) >= 11 is 0. The van der Waals surface area contributed by atoms with Gasteiger partial charge in [-0.05, 0) is 18.9 Å². The van der Waals surface area contributed by atoms with Gasteiger partial charge in [0.25, 0.3) is 0 Å². The highest BCUT2D eigenvalue weighted by Crippen LogP contribution is 2.43. The molecule has 2 aromatic carbocycles. The van der Waals surface area contributed by atoms with Gasteiger partial charge in [0.05, 0.1) is 11.1 Å². The van der Waals surface area contributed by atoms with Crippen molar-refractivity contribution in [2.24, 2.45) is 0 Å². The molecule has 1 aliphatic carbocycles. The van der Waals surface area contributed by atoms with E-state index in [4.69, 9.17) is 4.74 Å². The molecule has 0 spiro atoms. The number of esters is 1. The average molecular weight is 410 g/mol. The zero-order chi connectivity index (χ0) is 21.8. The third-order valence-corrected chi connectivity index (χ3v) is 5.40. The number of carbonyl (C=O) groups is 3. The van der Waals surface area contributed by atoms with Crippen LogP contribution in [0.15, 0.2) is 30.3 Å². The summed E-state index contributed by atoms with van der Waals surface area (Å²) in [5, 5.41) is 21.5. The van der Waals surface area contributed by atoms with E-state index < -0.39 is 35.1 Å². The van der Waals surface area contributed by atoms with E-state index in [1.807, 2.05) is 0 Å². The van der Waals surface area contributed by atoms with E-state index in [0.717, 1.165) is 32.1 Å². The Balaban J connectivity index is 2.01. The number of rotatable bonds is 8. The van der Waals surface area contributed by atoms with Crippen molar-refractivity contribution in [3.63, 3.8) is 0 Å². The fourth-order valence-corrected chi connectivity index (χ4v) is 3.93. The number of unbranched alkanes of at least 4 members (excludes halogenated alkanes) is 4. The first kappa shape index (κ1) is 21.6. The summed E-state index contributed by atoms with van der Waals surface area (Å²) in [5.41, 5.74) is 0.0362. The van der Waals surface area contributed by atoms with Gasteiger partial charge in [-0.1, -0.05) is 56.9 Å². The van der Waals surface area contributed by atoms with Gasteiger partial charge in [0.1, 0.15) is 17.6 Å². The van der Waals surface area contributed by atoms with Crippen LogP contribution < -0.4 is 0 Å². The van der Waals surface area contributed by atoms with Crippen molar-refractivity contribution in [2.45, 2.75) is 58.5 Å². The molecule has 0 heterocycles. The molecule has 0 fully saturated rings. The highest BCUT2D eigenvalue weighted by atomic mass is 16.5. The number of fused-ring (bicyclic) bond motifs is 2. The predicted octanol–water partition coefficient (Wildman–Crippen LogP) is 4.84. The van der Waals surface area contributed by atoms with E-state index in [1.165, 1.54) is 25.1 Å². The first-order valence-corrected chi connectivity index (χ1v) is 10.3. The van der Waals surface area contributed by atoms with Crippen LogP contribution in [0.1, 0.15) is 95.9 Å². The van der Waals surface area contributed by atoms with Crippen molar-refractivity contribution >= 4 is 17.5 Å². The van der Waals surface area contributed by atoms with E-state index in [1.54, 1.807) is 12.1 Å². The number of ketones is 2. The Morgan fingerprint density at radius 2 is 1.57 bits per heavy atom. The number of phenols is 2. The maximum absolute atomic E-state index is 13.0. The largest absolute Gasteiger partial charge is 0.507 e. The minimum absolute atomic E-state index is 0.137. The topological polar surface area (TPSA) is 101 Å². The van der Waals surface area contributed by atoms with E-state index in [0.29, 0.717) is 6.42 Å². The third-order valence-electron chi connectivity index (χ3n) is 5.40. The van der Waals surface area contributed by atoms with Crippen LogP contribution in [0.25, 0.3) is 0 Å². The molecule has 2 N–H and O–H groups in total. The van der Waals surface area contributed by atoms with Gasteiger partial charge in [0, 0.05) is 23.6 Å². The summed E-state index contributed by atoms with van der Waals surface area (Å²) in [4.78, 5) is 37.5. The van der Waals surface area contributed by atoms with Crippen LogP contribution in [-0.2, 0) is 9.53 Å². The quantitative estimate of drug-likeness (QED) is 0.313. The van der Waals surface area contributed by atoms with Crippen LogP contribution in [0.2, 0.25) is 0 Å². The van der Waals surface area contributed by atoms with Crippen LogP contribution in [0, 0.1) is 0 Å². The molecule has 0 aromatic heterocycles. The van der Waals surface area contributed by atoms with Gasteiger partial charge in [0.2, 0.25) is 0 Å². The van der Waals surface area contributed by atoms with Crippen LogP contribution in [0.3, 0.4) is 0 Å². The fourth-order valence-electron chi connectivity index (χ4n) is 3.93. The van der Waals surface area contributed by atoms with Gasteiger partial charge in [-0.2, -0.15) is 0 Å². The van der Waals surface area contributed by atoms with Crippen molar-refractivity contribution in [3.05, 3.63) is 58.1 Å². The van der Waals surface area contributed by atoms with E-state index >= 15 is 0 Å². The monoisotopic (exact) mass is 410 g/mol. The number of phenolic OH excluding ortho intramolecular Hbond substituents is 2. The van der Waals surface area contributed by atoms with Crippen LogP contribution in [0.5, 0.6) is 11.5 Å². The molecule has 0 aliphatic heterocycles. The van der Waals surface area contributed by atoms with E-state index in [9.17, 15) is 24.6 Å². The Hall–Kier alpha value is -3.15. The second-order valence-electron chi connectivity index (χ2n) is 7.59. The molecule has 0 radical (unpaired) electrons. The second kappa shape index (κ2) is 9.11. The molecule has 3 rings (SSSR count). The molecule has 30 heavy (non-hydrogen) atoms. The highest BCUT2D eigenvalue weighted by molar-refractivity contribution is 6.30. The molecule has 0 amide bonds. The zero-order valence-electron chi connectivity index (χ0n) is 17.2. The minimum Gasteiger partial charge on any atom is -0.507 e. The zero-order valence-corrected chi connectivity index (χ0v) is 17.2. The lowest BCUT2D eigenvalue weighted by Crippen LogP contribution is -2.22. The van der Waals surface area contributed by atoms with Gasteiger partial charge in [-0.15, -0.1) is 0 Å². The molecule has 6 heteroatoms. The van der Waals surface area contributed by atoms with Gasteiger partial charge >= 0.3 is 5.97 Å². The minimum atomic E-state index is -0.819. The molecule has 1 atom stereocenters. The van der Waals surface area contributed by atoms with Gasteiger partial charge < -0.3 is 14.9 Å². The van der Waals surface area contributed by atoms with Gasteiger partial charge in [0.15, 0.2) is 11.6 Å². The lowest BCUT2D eigenvalue weighted by Gasteiger charge is -2.24. The first-order chi connectivity index (χ1) is 14.4. The SMILES string of the molecule is CCCCCCCC(OC(C)=O)c1cc(O)c2c(c1O)C(=O)c1ccccc1C2=O. The second-order valence-corrected chi connectivity index (χ2v) is 7.59. The Kier molecular flexibility index (Phi) is 6.55. The number of ether oxygens (including phenoxy) is 1. The lowest BCUT2D eigenvalue weighted by molar-refractivity contribution is -0.147. The molecule has 1 aliphatic rings. The summed E-state index contributed by atoms with van der Waals surface area (Å²) < 4.78 is 5.40. The smallest absolute Gasteiger partial charge is 0.303 e. The summed E-state index contributed by atoms with van der Waals surface area (Å²) in [6, 6.07) is 7.52. The molecule has 0 bridgehead atoms. The maximum atomic E-state index is 13.0. The number of carbonyl (C=O) groups excluding carboxylic acids is 3. The first-order valence-electron chi connectivity index (χ1n) is 10.3. The Morgan fingerprint density at radius 3 is 2.17 bits per heavy atom. The van der Waals surface area contributed by atoms with E-state index in [2.05, 4.69) is 6.92 Å². The van der Waals surface area contributed by atoms with Crippen molar-refractivity contribution in [2.75, 3.05) is 0 Å². The molecule has 0 saturated carbocycles. The summed E-state index contributed by atoms with van der Waals surface area (Å²) in [6.45, 7) is 3.39. The van der Waals surface area contributed by atoms with Crippen LogP contribution in [-0.4, -0.2) is 27.7 Å². The van der Waals surface area contributed by atoms with Crippen LogP contribution >= 0.6 is 0 Å². The molecular formula is C24H26O6. The van der Waals surface area contributed by atoms with Crippen molar-refractivity contribution in [1.82, 2.24) is 0 Å². The Labute approximate surface area is 175 Å². The van der Waals surface area contributed by atoms with Crippen molar-refractivity contribution < 1.29 is 29.3 Å². The predicted molar refractivity (Wildman–Crippen MR) is 111 cm³/mol. The molecule has 6 nitrogen and oxygen atoms in total. The maximum Gasteiger partial charge on any atom is 0.303 e. The number of benzene rings is 2. The van der Waals surface area contributed by atoms with E-state index in [-0.39, 0.29) is 27.8 Å². The third kappa shape index (κ3) is 4.08. The summed E-state index contributed by atoms with van der Waals surface area (Å²) in [7, 11) is 0. The fraction of sp³-hybridized carbons (Fsp3) is 0.375. The Morgan fingerprint density at radius 1 is 0.967 bits per heavy atom. The van der Waals surface area contributed by atoms with Gasteiger partial charge in [-0.3, -0.25) is 14.4 Å². The molecule has 0 saturated heterocycles. The highest BCUT2D eigenvalue weighted by Gasteiger charge is 2.37.